The van der Waals surface area contributed by atoms with Crippen LogP contribution in [0.1, 0.15) is 58.8 Å². The lowest BCUT2D eigenvalue weighted by atomic mass is 9.89. The van der Waals surface area contributed by atoms with Crippen LogP contribution in [-0.2, 0) is 4.79 Å². The van der Waals surface area contributed by atoms with Crippen molar-refractivity contribution in [2.24, 2.45) is 11.8 Å². The van der Waals surface area contributed by atoms with Crippen LogP contribution in [0.2, 0.25) is 0 Å². The van der Waals surface area contributed by atoms with Gasteiger partial charge in [0.2, 0.25) is 0 Å². The first kappa shape index (κ1) is 16.8. The van der Waals surface area contributed by atoms with Crippen LogP contribution < -0.4 is 5.32 Å². The maximum atomic E-state index is 10.8. The van der Waals surface area contributed by atoms with Gasteiger partial charge in [0.05, 0.1) is 0 Å². The monoisotopic (exact) mass is 296 g/mol. The Bertz CT molecular complexity index is 327. The molecule has 1 saturated heterocycles. The fourth-order valence-corrected chi connectivity index (χ4v) is 3.89. The summed E-state index contributed by atoms with van der Waals surface area (Å²) in [5.74, 6) is 0.738. The van der Waals surface area contributed by atoms with Gasteiger partial charge >= 0.3 is 5.97 Å². The van der Waals surface area contributed by atoms with E-state index in [9.17, 15) is 4.79 Å². The van der Waals surface area contributed by atoms with E-state index in [0.29, 0.717) is 24.4 Å². The lowest BCUT2D eigenvalue weighted by molar-refractivity contribution is -0.137. The molecule has 0 amide bonds. The van der Waals surface area contributed by atoms with E-state index in [1.165, 1.54) is 25.7 Å². The number of carboxylic acids is 1. The third kappa shape index (κ3) is 5.59. The van der Waals surface area contributed by atoms with Crippen molar-refractivity contribution in [1.82, 2.24) is 10.2 Å². The summed E-state index contributed by atoms with van der Waals surface area (Å²) >= 11 is 0. The van der Waals surface area contributed by atoms with Crippen molar-refractivity contribution in [3.05, 3.63) is 0 Å². The lowest BCUT2D eigenvalue weighted by Crippen LogP contribution is -2.52. The molecule has 4 heteroatoms. The van der Waals surface area contributed by atoms with Gasteiger partial charge in [0, 0.05) is 31.6 Å². The highest BCUT2D eigenvalue weighted by atomic mass is 16.4. The highest BCUT2D eigenvalue weighted by Gasteiger charge is 2.29. The summed E-state index contributed by atoms with van der Waals surface area (Å²) in [5, 5.41) is 12.7. The Morgan fingerprint density at radius 1 is 1.24 bits per heavy atom. The summed E-state index contributed by atoms with van der Waals surface area (Å²) in [6, 6.07) is 1.09. The molecule has 2 rings (SSSR count). The summed E-state index contributed by atoms with van der Waals surface area (Å²) in [6.45, 7) is 7.82. The van der Waals surface area contributed by atoms with Gasteiger partial charge in [0.15, 0.2) is 0 Å². The number of aliphatic carboxylic acids is 1. The van der Waals surface area contributed by atoms with Gasteiger partial charge in [-0.25, -0.2) is 0 Å². The van der Waals surface area contributed by atoms with Gasteiger partial charge in [-0.1, -0.05) is 12.8 Å². The normalized spacial score (nSPS) is 28.3. The second-order valence-corrected chi connectivity index (χ2v) is 7.34. The molecule has 2 fully saturated rings. The molecule has 0 aromatic heterocycles. The highest BCUT2D eigenvalue weighted by molar-refractivity contribution is 5.66. The van der Waals surface area contributed by atoms with Crippen LogP contribution in [0, 0.1) is 11.8 Å². The Hall–Kier alpha value is -0.610. The second-order valence-electron chi connectivity index (χ2n) is 7.34. The van der Waals surface area contributed by atoms with Crippen LogP contribution in [0.15, 0.2) is 0 Å². The average molecular weight is 296 g/mol. The summed E-state index contributed by atoms with van der Waals surface area (Å²) in [4.78, 5) is 13.3. The molecule has 0 spiro atoms. The van der Waals surface area contributed by atoms with E-state index in [4.69, 9.17) is 5.11 Å². The van der Waals surface area contributed by atoms with Crippen molar-refractivity contribution in [2.75, 3.05) is 19.6 Å². The molecule has 1 aliphatic heterocycles. The Labute approximate surface area is 129 Å². The molecule has 2 atom stereocenters. The van der Waals surface area contributed by atoms with Crippen LogP contribution in [-0.4, -0.2) is 47.7 Å². The molecule has 0 aromatic rings. The quantitative estimate of drug-likeness (QED) is 0.758. The second kappa shape index (κ2) is 8.14. The number of hydrogen-bond donors (Lipinski definition) is 2. The van der Waals surface area contributed by atoms with Crippen LogP contribution in [0.3, 0.4) is 0 Å². The molecule has 1 aliphatic carbocycles. The smallest absolute Gasteiger partial charge is 0.303 e. The van der Waals surface area contributed by atoms with Gasteiger partial charge in [-0.05, 0) is 57.9 Å². The molecule has 1 saturated carbocycles. The van der Waals surface area contributed by atoms with E-state index < -0.39 is 5.97 Å². The van der Waals surface area contributed by atoms with Crippen molar-refractivity contribution in [2.45, 2.75) is 70.9 Å². The molecule has 2 aliphatic rings. The molecular weight excluding hydrogens is 264 g/mol. The molecule has 0 aromatic carbocycles. The van der Waals surface area contributed by atoms with Crippen molar-refractivity contribution in [3.8, 4) is 0 Å². The third-order valence-electron chi connectivity index (χ3n) is 5.23. The van der Waals surface area contributed by atoms with E-state index in [1.807, 2.05) is 0 Å². The summed E-state index contributed by atoms with van der Waals surface area (Å²) in [7, 11) is 0. The van der Waals surface area contributed by atoms with Gasteiger partial charge in [0.1, 0.15) is 0 Å². The van der Waals surface area contributed by atoms with Gasteiger partial charge in [-0.15, -0.1) is 0 Å². The van der Waals surface area contributed by atoms with Gasteiger partial charge in [-0.2, -0.15) is 0 Å². The predicted octanol–water partition coefficient (Wildman–Crippen LogP) is 2.73. The molecule has 122 valence electrons. The zero-order valence-electron chi connectivity index (χ0n) is 13.7. The molecule has 2 unspecified atom stereocenters. The molecule has 1 heterocycles. The van der Waals surface area contributed by atoms with Crippen LogP contribution in [0.5, 0.6) is 0 Å². The van der Waals surface area contributed by atoms with Crippen molar-refractivity contribution in [3.63, 3.8) is 0 Å². The van der Waals surface area contributed by atoms with Crippen LogP contribution in [0.4, 0.5) is 0 Å². The number of nitrogens with one attached hydrogen (secondary N) is 1. The summed E-state index contributed by atoms with van der Waals surface area (Å²) in [6.07, 6.45) is 7.84. The fraction of sp³-hybridized carbons (Fsp3) is 0.941. The molecule has 4 nitrogen and oxygen atoms in total. The van der Waals surface area contributed by atoms with E-state index in [-0.39, 0.29) is 0 Å². The average Bonchev–Trinajstić information content (AvgIpc) is 2.96. The highest BCUT2D eigenvalue weighted by Crippen LogP contribution is 2.26. The van der Waals surface area contributed by atoms with E-state index in [1.54, 1.807) is 0 Å². The standard InChI is InChI=1S/C17H32N2O2/c1-13(2)19-11-15(7-8-17(20)21)9-16(12-19)18-10-14-5-3-4-6-14/h13-16,18H,3-12H2,1-2H3,(H,20,21). The third-order valence-corrected chi connectivity index (χ3v) is 5.23. The minimum absolute atomic E-state index is 0.311. The van der Waals surface area contributed by atoms with Gasteiger partial charge < -0.3 is 10.4 Å². The number of hydrogen-bond acceptors (Lipinski definition) is 3. The number of nitrogens with zero attached hydrogens (tertiary/aromatic N) is 1. The Morgan fingerprint density at radius 3 is 2.57 bits per heavy atom. The van der Waals surface area contributed by atoms with E-state index >= 15 is 0 Å². The molecule has 2 N–H and O–H groups in total. The number of piperidine rings is 1. The topological polar surface area (TPSA) is 52.6 Å². The Balaban J connectivity index is 1.81. The first-order chi connectivity index (χ1) is 10.0. The number of likely N-dealkylation sites (tertiary alicyclic amines) is 1. The number of carboxylic acid groups (broad SMARTS) is 1. The molecule has 0 radical (unpaired) electrons. The first-order valence-electron chi connectivity index (χ1n) is 8.73. The van der Waals surface area contributed by atoms with Crippen LogP contribution in [0.25, 0.3) is 0 Å². The number of carbonyl (C=O) groups is 1. The maximum Gasteiger partial charge on any atom is 0.303 e. The first-order valence-corrected chi connectivity index (χ1v) is 8.73. The van der Waals surface area contributed by atoms with Gasteiger partial charge in [-0.3, -0.25) is 9.69 Å². The minimum atomic E-state index is -0.660. The van der Waals surface area contributed by atoms with Crippen molar-refractivity contribution < 1.29 is 9.90 Å². The number of rotatable bonds is 7. The zero-order valence-corrected chi connectivity index (χ0v) is 13.7. The minimum Gasteiger partial charge on any atom is -0.481 e. The predicted molar refractivity (Wildman–Crippen MR) is 85.4 cm³/mol. The molecule has 0 bridgehead atoms. The van der Waals surface area contributed by atoms with Crippen molar-refractivity contribution in [1.29, 1.82) is 0 Å². The van der Waals surface area contributed by atoms with Crippen LogP contribution >= 0.6 is 0 Å². The van der Waals surface area contributed by atoms with E-state index in [2.05, 4.69) is 24.1 Å². The fourth-order valence-electron chi connectivity index (χ4n) is 3.89. The molecule has 21 heavy (non-hydrogen) atoms. The van der Waals surface area contributed by atoms with Crippen molar-refractivity contribution >= 4 is 5.97 Å². The van der Waals surface area contributed by atoms with Gasteiger partial charge in [0.25, 0.3) is 0 Å². The largest absolute Gasteiger partial charge is 0.481 e. The SMILES string of the molecule is CC(C)N1CC(CCC(=O)O)CC(NCC2CCCC2)C1. The van der Waals surface area contributed by atoms with E-state index in [0.717, 1.165) is 38.4 Å². The Kier molecular flexibility index (Phi) is 6.49. The Morgan fingerprint density at radius 2 is 1.95 bits per heavy atom. The summed E-state index contributed by atoms with van der Waals surface area (Å²) in [5.41, 5.74) is 0. The molecular formula is C17H32N2O2. The zero-order chi connectivity index (χ0) is 15.2. The lowest BCUT2D eigenvalue weighted by Gasteiger charge is -2.40. The maximum absolute atomic E-state index is 10.8. The summed E-state index contributed by atoms with van der Waals surface area (Å²) < 4.78 is 0.